The van der Waals surface area contributed by atoms with Crippen LogP contribution in [0.3, 0.4) is 0 Å². The molecule has 33 heavy (non-hydrogen) atoms. The minimum Gasteiger partial charge on any atom is -0.465 e. The van der Waals surface area contributed by atoms with Crippen LogP contribution >= 0.6 is 0 Å². The first-order valence-corrected chi connectivity index (χ1v) is 10.4. The first-order valence-electron chi connectivity index (χ1n) is 10.4. The van der Waals surface area contributed by atoms with Crippen molar-refractivity contribution in [2.24, 2.45) is 11.1 Å². The molecule has 166 valence electrons. The maximum absolute atomic E-state index is 14.3. The molecule has 0 radical (unpaired) electrons. The zero-order valence-electron chi connectivity index (χ0n) is 17.9. The number of hydrogen-bond acceptors (Lipinski definition) is 6. The maximum atomic E-state index is 14.3. The van der Waals surface area contributed by atoms with E-state index in [4.69, 9.17) is 25.4 Å². The lowest BCUT2D eigenvalue weighted by Crippen LogP contribution is -2.38. The number of amidine groups is 1. The van der Waals surface area contributed by atoms with Crippen LogP contribution in [0.1, 0.15) is 29.5 Å². The van der Waals surface area contributed by atoms with Gasteiger partial charge in [0.05, 0.1) is 24.5 Å². The van der Waals surface area contributed by atoms with Crippen LogP contribution in [0.5, 0.6) is 11.6 Å². The average molecular weight is 444 g/mol. The van der Waals surface area contributed by atoms with Gasteiger partial charge in [0.15, 0.2) is 0 Å². The first-order chi connectivity index (χ1) is 15.9. The van der Waals surface area contributed by atoms with Crippen LogP contribution < -0.4 is 10.5 Å². The third kappa shape index (κ3) is 4.11. The van der Waals surface area contributed by atoms with Gasteiger partial charge in [0.2, 0.25) is 11.8 Å². The normalized spacial score (nSPS) is 17.3. The van der Waals surface area contributed by atoms with Crippen molar-refractivity contribution in [3.8, 4) is 34.6 Å². The summed E-state index contributed by atoms with van der Waals surface area (Å²) in [6, 6.07) is 10.3. The number of halogens is 1. The van der Waals surface area contributed by atoms with Gasteiger partial charge in [-0.05, 0) is 42.8 Å². The van der Waals surface area contributed by atoms with Gasteiger partial charge in [-0.3, -0.25) is 5.41 Å². The summed E-state index contributed by atoms with van der Waals surface area (Å²) in [5.74, 6) is 6.54. The largest absolute Gasteiger partial charge is 0.465 e. The molecule has 0 amide bonds. The van der Waals surface area contributed by atoms with Gasteiger partial charge in [-0.15, -0.1) is 0 Å². The molecule has 2 aliphatic rings. The summed E-state index contributed by atoms with van der Waals surface area (Å²) >= 11 is 0. The number of ether oxygens (including phenoxy) is 3. The number of benzene rings is 1. The van der Waals surface area contributed by atoms with Crippen molar-refractivity contribution >= 4 is 6.02 Å². The Morgan fingerprint density at radius 1 is 1.27 bits per heavy atom. The molecule has 1 unspecified atom stereocenters. The van der Waals surface area contributed by atoms with E-state index in [0.717, 1.165) is 16.7 Å². The molecule has 0 saturated carbocycles. The van der Waals surface area contributed by atoms with Crippen molar-refractivity contribution in [2.45, 2.75) is 12.8 Å². The summed E-state index contributed by atoms with van der Waals surface area (Å²) in [5.41, 5.74) is 8.61. The third-order valence-corrected chi connectivity index (χ3v) is 5.67. The summed E-state index contributed by atoms with van der Waals surface area (Å²) in [4.78, 5) is 8.21. The van der Waals surface area contributed by atoms with Crippen molar-refractivity contribution in [3.05, 3.63) is 71.4 Å². The van der Waals surface area contributed by atoms with Gasteiger partial charge in [0.1, 0.15) is 12.4 Å². The lowest BCUT2D eigenvalue weighted by molar-refractivity contribution is -0.0648. The second kappa shape index (κ2) is 8.19. The summed E-state index contributed by atoms with van der Waals surface area (Å²) in [6.07, 6.45) is 3.08. The van der Waals surface area contributed by atoms with E-state index in [0.29, 0.717) is 36.0 Å². The molecule has 1 fully saturated rings. The van der Waals surface area contributed by atoms with Crippen molar-refractivity contribution in [1.29, 1.82) is 5.41 Å². The van der Waals surface area contributed by atoms with E-state index in [9.17, 15) is 4.39 Å². The number of aromatic nitrogens is 2. The minimum atomic E-state index is -0.557. The molecule has 1 atom stereocenters. The van der Waals surface area contributed by atoms with Crippen LogP contribution in [0.2, 0.25) is 0 Å². The fraction of sp³-hybridized carbons (Fsp3) is 0.240. The van der Waals surface area contributed by atoms with Crippen LogP contribution in [-0.2, 0) is 9.47 Å². The smallest absolute Gasteiger partial charge is 0.279 e. The minimum absolute atomic E-state index is 0.0990. The first kappa shape index (κ1) is 20.9. The van der Waals surface area contributed by atoms with Crippen molar-refractivity contribution in [2.75, 3.05) is 19.8 Å². The predicted molar refractivity (Wildman–Crippen MR) is 119 cm³/mol. The van der Waals surface area contributed by atoms with Gasteiger partial charge in [0, 0.05) is 34.6 Å². The van der Waals surface area contributed by atoms with Crippen LogP contribution in [0, 0.1) is 28.6 Å². The number of hydrogen-bond donors (Lipinski definition) is 2. The van der Waals surface area contributed by atoms with Crippen LogP contribution in [0.15, 0.2) is 48.8 Å². The van der Waals surface area contributed by atoms with E-state index < -0.39 is 5.95 Å². The van der Waals surface area contributed by atoms with E-state index >= 15 is 0 Å². The van der Waals surface area contributed by atoms with Crippen molar-refractivity contribution in [1.82, 2.24) is 9.97 Å². The van der Waals surface area contributed by atoms with Gasteiger partial charge in [0.25, 0.3) is 6.02 Å². The monoisotopic (exact) mass is 444 g/mol. The van der Waals surface area contributed by atoms with Crippen LogP contribution in [0.4, 0.5) is 4.39 Å². The molecule has 1 saturated heterocycles. The Bertz CT molecular complexity index is 1310. The number of fused-ring (bicyclic) bond motifs is 2. The van der Waals surface area contributed by atoms with E-state index in [1.165, 1.54) is 6.20 Å². The van der Waals surface area contributed by atoms with Crippen LogP contribution in [0.25, 0.3) is 11.1 Å². The Hall–Kier alpha value is -3.96. The quantitative estimate of drug-likeness (QED) is 0.276. The third-order valence-electron chi connectivity index (χ3n) is 5.67. The molecule has 5 rings (SSSR count). The Labute approximate surface area is 190 Å². The van der Waals surface area contributed by atoms with Crippen molar-refractivity contribution < 1.29 is 18.6 Å². The number of nitrogens with zero attached hydrogens (tertiary/aromatic N) is 2. The van der Waals surface area contributed by atoms with Gasteiger partial charge >= 0.3 is 0 Å². The predicted octanol–water partition coefficient (Wildman–Crippen LogP) is 3.82. The molecular weight excluding hydrogens is 423 g/mol. The number of rotatable bonds is 3. The van der Waals surface area contributed by atoms with Gasteiger partial charge in [-0.1, -0.05) is 17.9 Å². The molecule has 0 aliphatic carbocycles. The lowest BCUT2D eigenvalue weighted by atomic mass is 9.87. The highest BCUT2D eigenvalue weighted by atomic mass is 19.1. The number of nitrogens with one attached hydrogen (secondary N) is 1. The Kier molecular flexibility index (Phi) is 5.19. The fourth-order valence-electron chi connectivity index (χ4n) is 3.88. The highest BCUT2D eigenvalue weighted by molar-refractivity contribution is 5.69. The Morgan fingerprint density at radius 2 is 2.12 bits per heavy atom. The molecule has 8 heteroatoms. The molecule has 4 heterocycles. The SMILES string of the molecule is CC1(C#Cc2cnc3c(c2)C(COC(=N)N)c2cc(-c4cccnc4F)ccc2O3)COC1. The topological polar surface area (TPSA) is 103 Å². The second-order valence-electron chi connectivity index (χ2n) is 8.35. The second-order valence-corrected chi connectivity index (χ2v) is 8.35. The lowest BCUT2D eigenvalue weighted by Gasteiger charge is -2.32. The number of pyridine rings is 2. The molecule has 0 bridgehead atoms. The van der Waals surface area contributed by atoms with E-state index in [-0.39, 0.29) is 24.0 Å². The van der Waals surface area contributed by atoms with E-state index in [1.807, 2.05) is 12.1 Å². The highest BCUT2D eigenvalue weighted by Gasteiger charge is 2.32. The Balaban J connectivity index is 1.56. The molecule has 3 N–H and O–H groups in total. The molecule has 7 nitrogen and oxygen atoms in total. The Morgan fingerprint density at radius 3 is 2.85 bits per heavy atom. The highest BCUT2D eigenvalue weighted by Crippen LogP contribution is 2.45. The molecule has 0 spiro atoms. The van der Waals surface area contributed by atoms with Gasteiger partial charge in [-0.2, -0.15) is 4.39 Å². The summed E-state index contributed by atoms with van der Waals surface area (Å²) in [7, 11) is 0. The van der Waals surface area contributed by atoms with Gasteiger partial charge < -0.3 is 19.9 Å². The standard InChI is InChI=1S/C25H21FN4O3/c1-25(13-31-14-25)7-6-15-9-19-20(12-32-24(27)28)18-10-16(17-3-2-8-29-22(17)26)4-5-21(18)33-23(19)30-11-15/h2-5,8-11,20H,12-14H2,1H3,(H3,27,28). The molecule has 2 aromatic heterocycles. The maximum Gasteiger partial charge on any atom is 0.279 e. The molecule has 2 aliphatic heterocycles. The zero-order valence-corrected chi connectivity index (χ0v) is 17.9. The molecule has 1 aromatic carbocycles. The zero-order chi connectivity index (χ0) is 23.0. The van der Waals surface area contributed by atoms with Crippen molar-refractivity contribution in [3.63, 3.8) is 0 Å². The summed E-state index contributed by atoms with van der Waals surface area (Å²) in [5, 5.41) is 7.51. The fourth-order valence-corrected chi connectivity index (χ4v) is 3.88. The molecule has 3 aromatic rings. The number of nitrogens with two attached hydrogens (primary N) is 1. The van der Waals surface area contributed by atoms with E-state index in [1.54, 1.807) is 30.5 Å². The summed E-state index contributed by atoms with van der Waals surface area (Å²) < 4.78 is 31.0. The van der Waals surface area contributed by atoms with Gasteiger partial charge in [-0.25, -0.2) is 9.97 Å². The summed E-state index contributed by atoms with van der Waals surface area (Å²) in [6.45, 7) is 3.37. The molecular formula is C25H21FN4O3. The average Bonchev–Trinajstić information content (AvgIpc) is 2.79. The van der Waals surface area contributed by atoms with E-state index in [2.05, 4.69) is 28.7 Å². The van der Waals surface area contributed by atoms with Crippen LogP contribution in [-0.4, -0.2) is 35.8 Å².